The zero-order valence-electron chi connectivity index (χ0n) is 18.2. The van der Waals surface area contributed by atoms with E-state index in [9.17, 15) is 4.79 Å². The van der Waals surface area contributed by atoms with E-state index >= 15 is 0 Å². The van der Waals surface area contributed by atoms with Gasteiger partial charge in [-0.3, -0.25) is 9.69 Å². The van der Waals surface area contributed by atoms with Gasteiger partial charge in [-0.2, -0.15) is 0 Å². The van der Waals surface area contributed by atoms with Gasteiger partial charge in [0.15, 0.2) is 0 Å². The van der Waals surface area contributed by atoms with Crippen molar-refractivity contribution in [3.8, 4) is 0 Å². The van der Waals surface area contributed by atoms with Crippen LogP contribution >= 0.6 is 0 Å². The van der Waals surface area contributed by atoms with E-state index in [4.69, 9.17) is 4.98 Å². The van der Waals surface area contributed by atoms with E-state index in [1.54, 1.807) is 0 Å². The number of rotatable bonds is 6. The van der Waals surface area contributed by atoms with Gasteiger partial charge in [-0.15, -0.1) is 0 Å². The number of carbonyl (C=O) groups is 1. The number of benzene rings is 2. The third kappa shape index (κ3) is 4.40. The number of hydrogen-bond donors (Lipinski definition) is 1. The number of hydrogen-bond acceptors (Lipinski definition) is 4. The molecule has 1 amide bonds. The molecule has 2 heterocycles. The number of fused-ring (bicyclic) bond motifs is 1. The summed E-state index contributed by atoms with van der Waals surface area (Å²) in [6, 6.07) is 13.6. The maximum atomic E-state index is 12.6. The van der Waals surface area contributed by atoms with Gasteiger partial charge in [-0.25, -0.2) is 4.98 Å². The SMILES string of the molecule is CCN1CCN(Cc2nc3cc(NC(=O)c4cccc(C)c4)ccc3n2CC)CC1. The number of likely N-dealkylation sites (N-methyl/N-ethyl adjacent to an activating group) is 1. The summed E-state index contributed by atoms with van der Waals surface area (Å²) in [7, 11) is 0. The quantitative estimate of drug-likeness (QED) is 0.679. The number of carbonyl (C=O) groups excluding carboxylic acids is 1. The minimum absolute atomic E-state index is 0.0954. The van der Waals surface area contributed by atoms with Crippen LogP contribution in [0.3, 0.4) is 0 Å². The van der Waals surface area contributed by atoms with Crippen LogP contribution in [-0.4, -0.2) is 58.0 Å². The van der Waals surface area contributed by atoms with Gasteiger partial charge in [0, 0.05) is 44.0 Å². The van der Waals surface area contributed by atoms with Crippen molar-refractivity contribution in [2.75, 3.05) is 38.0 Å². The third-order valence-corrected chi connectivity index (χ3v) is 5.96. The Balaban J connectivity index is 1.52. The predicted octanol–water partition coefficient (Wildman–Crippen LogP) is 3.75. The first-order valence-electron chi connectivity index (χ1n) is 10.9. The standard InChI is InChI=1S/C24H31N5O/c1-4-27-11-13-28(14-12-27)17-23-26-21-16-20(9-10-22(21)29(23)5-2)25-24(30)19-8-6-7-18(3)15-19/h6-10,15-16H,4-5,11-14,17H2,1-3H3,(H,25,30). The third-order valence-electron chi connectivity index (χ3n) is 5.96. The van der Waals surface area contributed by atoms with Crippen LogP contribution in [-0.2, 0) is 13.1 Å². The Labute approximate surface area is 178 Å². The highest BCUT2D eigenvalue weighted by Crippen LogP contribution is 2.22. The van der Waals surface area contributed by atoms with E-state index in [1.807, 2.05) is 43.3 Å². The molecule has 4 rings (SSSR count). The van der Waals surface area contributed by atoms with Gasteiger partial charge >= 0.3 is 0 Å². The van der Waals surface area contributed by atoms with E-state index in [0.29, 0.717) is 5.56 Å². The molecule has 0 aliphatic carbocycles. The minimum Gasteiger partial charge on any atom is -0.327 e. The number of anilines is 1. The van der Waals surface area contributed by atoms with E-state index in [2.05, 4.69) is 39.6 Å². The van der Waals surface area contributed by atoms with Crippen LogP contribution in [0.15, 0.2) is 42.5 Å². The van der Waals surface area contributed by atoms with Crippen molar-refractivity contribution >= 4 is 22.6 Å². The Kier molecular flexibility index (Phi) is 6.16. The van der Waals surface area contributed by atoms with Gasteiger partial charge in [0.25, 0.3) is 5.91 Å². The minimum atomic E-state index is -0.0954. The molecule has 0 unspecified atom stereocenters. The second-order valence-electron chi connectivity index (χ2n) is 8.01. The highest BCUT2D eigenvalue weighted by atomic mass is 16.1. The van der Waals surface area contributed by atoms with Crippen LogP contribution in [0.1, 0.15) is 35.6 Å². The van der Waals surface area contributed by atoms with E-state index in [0.717, 1.165) is 73.9 Å². The van der Waals surface area contributed by atoms with Gasteiger partial charge in [-0.1, -0.05) is 24.6 Å². The molecule has 1 fully saturated rings. The molecule has 6 heteroatoms. The zero-order valence-corrected chi connectivity index (χ0v) is 18.2. The fraction of sp³-hybridized carbons (Fsp3) is 0.417. The van der Waals surface area contributed by atoms with Crippen LogP contribution in [0.2, 0.25) is 0 Å². The van der Waals surface area contributed by atoms with Gasteiger partial charge in [0.05, 0.1) is 17.6 Å². The highest BCUT2D eigenvalue weighted by molar-refractivity contribution is 6.05. The lowest BCUT2D eigenvalue weighted by atomic mass is 10.1. The Morgan fingerprint density at radius 1 is 1.00 bits per heavy atom. The lowest BCUT2D eigenvalue weighted by molar-refractivity contribution is 0.102. The molecule has 0 spiro atoms. The Bertz CT molecular complexity index is 1030. The summed E-state index contributed by atoms with van der Waals surface area (Å²) in [5.74, 6) is 1.00. The summed E-state index contributed by atoms with van der Waals surface area (Å²) in [6.07, 6.45) is 0. The molecular formula is C24H31N5O. The Hall–Kier alpha value is -2.70. The van der Waals surface area contributed by atoms with Crippen molar-refractivity contribution in [3.63, 3.8) is 0 Å². The summed E-state index contributed by atoms with van der Waals surface area (Å²) in [5, 5.41) is 3.01. The zero-order chi connectivity index (χ0) is 21.1. The van der Waals surface area contributed by atoms with Gasteiger partial charge in [0.1, 0.15) is 5.82 Å². The molecule has 0 atom stereocenters. The molecule has 0 radical (unpaired) electrons. The molecule has 0 bridgehead atoms. The number of aryl methyl sites for hydroxylation is 2. The van der Waals surface area contributed by atoms with Crippen LogP contribution in [0.5, 0.6) is 0 Å². The van der Waals surface area contributed by atoms with Gasteiger partial charge in [0.2, 0.25) is 0 Å². The lowest BCUT2D eigenvalue weighted by Gasteiger charge is -2.33. The molecule has 0 saturated carbocycles. The highest BCUT2D eigenvalue weighted by Gasteiger charge is 2.19. The summed E-state index contributed by atoms with van der Waals surface area (Å²) in [5.41, 5.74) is 4.57. The Morgan fingerprint density at radius 2 is 1.77 bits per heavy atom. The monoisotopic (exact) mass is 405 g/mol. The summed E-state index contributed by atoms with van der Waals surface area (Å²) < 4.78 is 2.29. The van der Waals surface area contributed by atoms with Gasteiger partial charge < -0.3 is 14.8 Å². The van der Waals surface area contributed by atoms with Gasteiger partial charge in [-0.05, 0) is 50.7 Å². The van der Waals surface area contributed by atoms with Crippen LogP contribution in [0, 0.1) is 6.92 Å². The maximum Gasteiger partial charge on any atom is 0.255 e. The van der Waals surface area contributed by atoms with Crippen molar-refractivity contribution in [1.29, 1.82) is 0 Å². The molecule has 1 aliphatic heterocycles. The van der Waals surface area contributed by atoms with Crippen molar-refractivity contribution in [3.05, 3.63) is 59.4 Å². The summed E-state index contributed by atoms with van der Waals surface area (Å²) in [4.78, 5) is 22.5. The molecular weight excluding hydrogens is 374 g/mol. The fourth-order valence-corrected chi connectivity index (χ4v) is 4.18. The van der Waals surface area contributed by atoms with Crippen molar-refractivity contribution in [1.82, 2.24) is 19.4 Å². The average molecular weight is 406 g/mol. The molecule has 1 saturated heterocycles. The normalized spacial score (nSPS) is 15.6. The lowest BCUT2D eigenvalue weighted by Crippen LogP contribution is -2.45. The predicted molar refractivity (Wildman–Crippen MR) is 122 cm³/mol. The second-order valence-corrected chi connectivity index (χ2v) is 8.01. The number of imidazole rings is 1. The molecule has 6 nitrogen and oxygen atoms in total. The first kappa shape index (κ1) is 20.6. The van der Waals surface area contributed by atoms with Crippen LogP contribution in [0.4, 0.5) is 5.69 Å². The number of aromatic nitrogens is 2. The number of piperazine rings is 1. The average Bonchev–Trinajstić information content (AvgIpc) is 3.10. The number of amides is 1. The fourth-order valence-electron chi connectivity index (χ4n) is 4.18. The summed E-state index contributed by atoms with van der Waals surface area (Å²) in [6.45, 7) is 13.7. The topological polar surface area (TPSA) is 53.4 Å². The first-order chi connectivity index (χ1) is 14.6. The molecule has 3 aromatic rings. The molecule has 2 aromatic carbocycles. The molecule has 1 N–H and O–H groups in total. The molecule has 1 aromatic heterocycles. The van der Waals surface area contributed by atoms with E-state index < -0.39 is 0 Å². The second kappa shape index (κ2) is 8.98. The summed E-state index contributed by atoms with van der Waals surface area (Å²) >= 11 is 0. The molecule has 158 valence electrons. The Morgan fingerprint density at radius 3 is 2.47 bits per heavy atom. The molecule has 1 aliphatic rings. The first-order valence-corrected chi connectivity index (χ1v) is 10.9. The van der Waals surface area contributed by atoms with Crippen LogP contribution < -0.4 is 5.32 Å². The van der Waals surface area contributed by atoms with Crippen LogP contribution in [0.25, 0.3) is 11.0 Å². The van der Waals surface area contributed by atoms with Crippen molar-refractivity contribution in [2.45, 2.75) is 33.9 Å². The largest absolute Gasteiger partial charge is 0.327 e. The van der Waals surface area contributed by atoms with Crippen molar-refractivity contribution < 1.29 is 4.79 Å². The smallest absolute Gasteiger partial charge is 0.255 e. The number of nitrogens with zero attached hydrogens (tertiary/aromatic N) is 4. The van der Waals surface area contributed by atoms with E-state index in [-0.39, 0.29) is 5.91 Å². The maximum absolute atomic E-state index is 12.6. The molecule has 30 heavy (non-hydrogen) atoms. The van der Waals surface area contributed by atoms with Crippen molar-refractivity contribution in [2.24, 2.45) is 0 Å². The van der Waals surface area contributed by atoms with E-state index in [1.165, 1.54) is 0 Å². The number of nitrogens with one attached hydrogen (secondary N) is 1.